The van der Waals surface area contributed by atoms with Crippen LogP contribution in [0.1, 0.15) is 5.89 Å². The summed E-state index contributed by atoms with van der Waals surface area (Å²) >= 11 is 1.56. The molecule has 2 N–H and O–H groups in total. The van der Waals surface area contributed by atoms with Crippen LogP contribution in [-0.2, 0) is 16.1 Å². The maximum absolute atomic E-state index is 11.5. The fourth-order valence-corrected chi connectivity index (χ4v) is 2.69. The Bertz CT molecular complexity index is 801. The molecule has 3 aromatic rings. The first-order chi connectivity index (χ1) is 11.7. The van der Waals surface area contributed by atoms with Crippen LogP contribution in [0, 0.1) is 0 Å². The highest BCUT2D eigenvalue weighted by atomic mass is 32.1. The van der Waals surface area contributed by atoms with Crippen molar-refractivity contribution in [1.29, 1.82) is 0 Å². The van der Waals surface area contributed by atoms with Gasteiger partial charge in [-0.15, -0.1) is 11.3 Å². The number of anilines is 2. The molecule has 0 spiro atoms. The molecule has 24 heavy (non-hydrogen) atoms. The zero-order valence-corrected chi connectivity index (χ0v) is 13.8. The van der Waals surface area contributed by atoms with Gasteiger partial charge in [0.25, 0.3) is 0 Å². The van der Waals surface area contributed by atoms with Crippen molar-refractivity contribution in [1.82, 2.24) is 10.1 Å². The molecule has 7 nitrogen and oxygen atoms in total. The molecular weight excluding hydrogens is 328 g/mol. The minimum absolute atomic E-state index is 0.0190. The number of thiophene rings is 1. The van der Waals surface area contributed by atoms with Crippen LogP contribution in [-0.4, -0.2) is 29.8 Å². The van der Waals surface area contributed by atoms with Gasteiger partial charge in [-0.1, -0.05) is 17.3 Å². The van der Waals surface area contributed by atoms with Crippen molar-refractivity contribution >= 4 is 28.6 Å². The van der Waals surface area contributed by atoms with Gasteiger partial charge in [-0.25, -0.2) is 0 Å². The summed E-state index contributed by atoms with van der Waals surface area (Å²) in [5.41, 5.74) is 1.52. The summed E-state index contributed by atoms with van der Waals surface area (Å²) in [6, 6.07) is 11.2. The van der Waals surface area contributed by atoms with Gasteiger partial charge in [0.1, 0.15) is 6.61 Å². The van der Waals surface area contributed by atoms with Crippen LogP contribution in [0.2, 0.25) is 0 Å². The van der Waals surface area contributed by atoms with Gasteiger partial charge in [0.05, 0.1) is 11.4 Å². The summed E-state index contributed by atoms with van der Waals surface area (Å²) in [6.45, 7) is 0.416. The number of methoxy groups -OCH3 is 1. The molecule has 1 amide bonds. The second-order valence-electron chi connectivity index (χ2n) is 4.90. The molecule has 0 aliphatic rings. The van der Waals surface area contributed by atoms with Crippen LogP contribution < -0.4 is 10.6 Å². The van der Waals surface area contributed by atoms with Crippen molar-refractivity contribution in [3.63, 3.8) is 0 Å². The summed E-state index contributed by atoms with van der Waals surface area (Å²) in [6.07, 6.45) is 0. The number of benzene rings is 1. The number of carbonyl (C=O) groups excluding carboxylic acids is 1. The van der Waals surface area contributed by atoms with E-state index in [1.807, 2.05) is 35.7 Å². The fraction of sp³-hybridized carbons (Fsp3) is 0.188. The predicted molar refractivity (Wildman–Crippen MR) is 91.9 cm³/mol. The monoisotopic (exact) mass is 344 g/mol. The molecule has 3 rings (SSSR count). The van der Waals surface area contributed by atoms with Gasteiger partial charge in [-0.3, -0.25) is 4.79 Å². The van der Waals surface area contributed by atoms with Gasteiger partial charge >= 0.3 is 0 Å². The smallest absolute Gasteiger partial charge is 0.250 e. The van der Waals surface area contributed by atoms with E-state index in [0.29, 0.717) is 23.9 Å². The van der Waals surface area contributed by atoms with E-state index in [4.69, 9.17) is 9.26 Å². The Morgan fingerprint density at radius 1 is 1.29 bits per heavy atom. The number of aromatic nitrogens is 2. The van der Waals surface area contributed by atoms with Crippen molar-refractivity contribution < 1.29 is 14.1 Å². The summed E-state index contributed by atoms with van der Waals surface area (Å²) in [7, 11) is 1.48. The minimum Gasteiger partial charge on any atom is -0.376 e. The average molecular weight is 344 g/mol. The third-order valence-electron chi connectivity index (χ3n) is 3.08. The SMILES string of the molecule is COCC(=O)Nc1cccc(NCc2nc(-c3cccs3)no2)c1. The normalized spacial score (nSPS) is 10.5. The first kappa shape index (κ1) is 16.2. The molecule has 0 saturated heterocycles. The highest BCUT2D eigenvalue weighted by molar-refractivity contribution is 7.13. The average Bonchev–Trinajstić information content (AvgIpc) is 3.25. The summed E-state index contributed by atoms with van der Waals surface area (Å²) in [4.78, 5) is 16.8. The standard InChI is InChI=1S/C16H16N4O3S/c1-22-10-14(21)18-12-5-2-4-11(8-12)17-9-15-19-16(20-23-15)13-6-3-7-24-13/h2-8,17H,9-10H2,1H3,(H,18,21). The van der Waals surface area contributed by atoms with E-state index in [1.165, 1.54) is 7.11 Å². The number of carbonyl (C=O) groups is 1. The Kier molecular flexibility index (Phi) is 5.19. The molecule has 2 aromatic heterocycles. The van der Waals surface area contributed by atoms with E-state index < -0.39 is 0 Å². The number of amides is 1. The number of ether oxygens (including phenoxy) is 1. The maximum Gasteiger partial charge on any atom is 0.250 e. The second-order valence-corrected chi connectivity index (χ2v) is 5.85. The van der Waals surface area contributed by atoms with E-state index in [1.54, 1.807) is 17.4 Å². The van der Waals surface area contributed by atoms with Crippen molar-refractivity contribution in [2.75, 3.05) is 24.4 Å². The molecule has 0 aliphatic carbocycles. The Morgan fingerprint density at radius 2 is 2.17 bits per heavy atom. The summed E-state index contributed by atoms with van der Waals surface area (Å²) in [5, 5.41) is 11.9. The Labute approximate surface area is 142 Å². The number of rotatable bonds is 7. The largest absolute Gasteiger partial charge is 0.376 e. The first-order valence-electron chi connectivity index (χ1n) is 7.24. The highest BCUT2D eigenvalue weighted by Crippen LogP contribution is 2.22. The van der Waals surface area contributed by atoms with Gasteiger partial charge in [-0.05, 0) is 29.6 Å². The molecular formula is C16H16N4O3S. The minimum atomic E-state index is -0.202. The summed E-state index contributed by atoms with van der Waals surface area (Å²) in [5.74, 6) is 0.877. The Balaban J connectivity index is 1.59. The lowest BCUT2D eigenvalue weighted by atomic mass is 10.2. The molecule has 8 heteroatoms. The Morgan fingerprint density at radius 3 is 2.96 bits per heavy atom. The van der Waals surface area contributed by atoms with Gasteiger partial charge in [0.15, 0.2) is 0 Å². The molecule has 0 bridgehead atoms. The van der Waals surface area contributed by atoms with E-state index >= 15 is 0 Å². The van der Waals surface area contributed by atoms with Crippen LogP contribution in [0.4, 0.5) is 11.4 Å². The van der Waals surface area contributed by atoms with E-state index in [0.717, 1.165) is 10.6 Å². The first-order valence-corrected chi connectivity index (χ1v) is 8.12. The zero-order chi connectivity index (χ0) is 16.8. The van der Waals surface area contributed by atoms with E-state index in [9.17, 15) is 4.79 Å². The van der Waals surface area contributed by atoms with Crippen LogP contribution in [0.3, 0.4) is 0 Å². The lowest BCUT2D eigenvalue weighted by Crippen LogP contribution is -2.17. The molecule has 0 atom stereocenters. The van der Waals surface area contributed by atoms with Crippen molar-refractivity contribution in [2.24, 2.45) is 0 Å². The molecule has 0 aliphatic heterocycles. The molecule has 0 fully saturated rings. The third-order valence-corrected chi connectivity index (χ3v) is 3.94. The van der Waals surface area contributed by atoms with Gasteiger partial charge in [0, 0.05) is 18.5 Å². The number of nitrogens with zero attached hydrogens (tertiary/aromatic N) is 2. The van der Waals surface area contributed by atoms with Gasteiger partial charge in [0.2, 0.25) is 17.6 Å². The molecule has 0 unspecified atom stereocenters. The predicted octanol–water partition coefficient (Wildman–Crippen LogP) is 3.00. The van der Waals surface area contributed by atoms with Crippen molar-refractivity contribution in [3.05, 3.63) is 47.7 Å². The summed E-state index contributed by atoms with van der Waals surface area (Å²) < 4.78 is 10.0. The third kappa shape index (κ3) is 4.18. The van der Waals surface area contributed by atoms with Crippen LogP contribution in [0.25, 0.3) is 10.7 Å². The van der Waals surface area contributed by atoms with Crippen LogP contribution >= 0.6 is 11.3 Å². The second kappa shape index (κ2) is 7.71. The molecule has 0 radical (unpaired) electrons. The topological polar surface area (TPSA) is 89.3 Å². The van der Waals surface area contributed by atoms with Crippen LogP contribution in [0.15, 0.2) is 46.3 Å². The fourth-order valence-electron chi connectivity index (χ4n) is 2.05. The number of nitrogens with one attached hydrogen (secondary N) is 2. The van der Waals surface area contributed by atoms with Crippen molar-refractivity contribution in [2.45, 2.75) is 6.54 Å². The molecule has 2 heterocycles. The van der Waals surface area contributed by atoms with Gasteiger partial charge < -0.3 is 19.9 Å². The lowest BCUT2D eigenvalue weighted by molar-refractivity contribution is -0.119. The molecule has 124 valence electrons. The van der Waals surface area contributed by atoms with Gasteiger partial charge in [-0.2, -0.15) is 4.98 Å². The Hall–Kier alpha value is -2.71. The molecule has 1 aromatic carbocycles. The number of hydrogen-bond acceptors (Lipinski definition) is 7. The quantitative estimate of drug-likeness (QED) is 0.685. The zero-order valence-electron chi connectivity index (χ0n) is 13.0. The lowest BCUT2D eigenvalue weighted by Gasteiger charge is -2.08. The van der Waals surface area contributed by atoms with E-state index in [2.05, 4.69) is 20.8 Å². The maximum atomic E-state index is 11.5. The number of hydrogen-bond donors (Lipinski definition) is 2. The van der Waals surface area contributed by atoms with Crippen molar-refractivity contribution in [3.8, 4) is 10.7 Å². The molecule has 0 saturated carbocycles. The van der Waals surface area contributed by atoms with Crippen LogP contribution in [0.5, 0.6) is 0 Å². The van der Waals surface area contributed by atoms with E-state index in [-0.39, 0.29) is 12.5 Å². The highest BCUT2D eigenvalue weighted by Gasteiger charge is 2.09.